The Bertz CT molecular complexity index is 663. The van der Waals surface area contributed by atoms with Gasteiger partial charge in [0.1, 0.15) is 11.9 Å². The van der Waals surface area contributed by atoms with Gasteiger partial charge in [-0.25, -0.2) is 0 Å². The van der Waals surface area contributed by atoms with Crippen molar-refractivity contribution in [3.05, 3.63) is 40.2 Å². The monoisotopic (exact) mass is 387 g/mol. The Kier molecular flexibility index (Phi) is 5.62. The van der Waals surface area contributed by atoms with Crippen molar-refractivity contribution in [1.82, 2.24) is 4.57 Å². The number of benzene rings is 1. The van der Waals surface area contributed by atoms with Crippen molar-refractivity contribution in [3.8, 4) is 5.75 Å². The van der Waals surface area contributed by atoms with Crippen LogP contribution in [0.2, 0.25) is 0 Å². The number of hydrogen-bond donors (Lipinski definition) is 0. The molecule has 0 fully saturated rings. The summed E-state index contributed by atoms with van der Waals surface area (Å²) in [4.78, 5) is 12.1. The molecule has 4 heteroatoms. The van der Waals surface area contributed by atoms with E-state index in [1.165, 1.54) is 0 Å². The molecule has 3 rings (SSSR count). The molecule has 110 valence electrons. The Morgan fingerprint density at radius 1 is 1.20 bits per heavy atom. The molecule has 0 amide bonds. The summed E-state index contributed by atoms with van der Waals surface area (Å²) in [6, 6.07) is 5.92. The second-order valence-electron chi connectivity index (χ2n) is 4.76. The number of halogens is 1. The predicted molar refractivity (Wildman–Crippen MR) is 94.5 cm³/mol. The molecule has 1 aliphatic heterocycles. The van der Waals surface area contributed by atoms with Gasteiger partial charge in [-0.15, -0.1) is 24.0 Å². The van der Waals surface area contributed by atoms with E-state index in [1.807, 2.05) is 45.2 Å². The molecule has 0 bridgehead atoms. The molecule has 2 unspecified atom stereocenters. The average molecular weight is 387 g/mol. The lowest BCUT2D eigenvalue weighted by molar-refractivity contribution is 0.153. The molecule has 3 nitrogen and oxygen atoms in total. The number of hydrogen-bond acceptors (Lipinski definition) is 2. The summed E-state index contributed by atoms with van der Waals surface area (Å²) in [6.45, 7) is 10.0. The van der Waals surface area contributed by atoms with Gasteiger partial charge in [-0.05, 0) is 32.9 Å². The minimum atomic E-state index is 0. The molecule has 1 aromatic carbocycles. The van der Waals surface area contributed by atoms with E-state index >= 15 is 0 Å². The Morgan fingerprint density at radius 2 is 1.85 bits per heavy atom. The van der Waals surface area contributed by atoms with Crippen molar-refractivity contribution in [2.45, 2.75) is 46.8 Å². The molecule has 2 aromatic rings. The summed E-state index contributed by atoms with van der Waals surface area (Å²) in [6.07, 6.45) is 2.06. The highest BCUT2D eigenvalue weighted by atomic mass is 127. The number of pyridine rings is 1. The Labute approximate surface area is 137 Å². The summed E-state index contributed by atoms with van der Waals surface area (Å²) in [5.74, 6) is 0.810. The smallest absolute Gasteiger partial charge is 0.192 e. The molecule has 0 radical (unpaired) electrons. The maximum atomic E-state index is 12.1. The quantitative estimate of drug-likeness (QED) is 0.632. The van der Waals surface area contributed by atoms with Crippen LogP contribution in [-0.2, 0) is 0 Å². The average Bonchev–Trinajstić information content (AvgIpc) is 2.43. The Balaban J connectivity index is 0.000000639. The molecule has 1 aliphatic rings. The second-order valence-corrected chi connectivity index (χ2v) is 4.76. The van der Waals surface area contributed by atoms with Crippen LogP contribution in [0.3, 0.4) is 0 Å². The lowest BCUT2D eigenvalue weighted by Crippen LogP contribution is -2.30. The summed E-state index contributed by atoms with van der Waals surface area (Å²) < 4.78 is 8.01. The largest absolute Gasteiger partial charge is 0.486 e. The topological polar surface area (TPSA) is 31.2 Å². The SMILES string of the molecule is CC.Cc1cn2c3c(cccc3c1=O)OC(C)C2C.I. The van der Waals surface area contributed by atoms with E-state index < -0.39 is 0 Å². The van der Waals surface area contributed by atoms with Gasteiger partial charge in [0.15, 0.2) is 5.43 Å². The van der Waals surface area contributed by atoms with Crippen LogP contribution in [0.25, 0.3) is 10.9 Å². The zero-order chi connectivity index (χ0) is 14.2. The molecule has 0 aliphatic carbocycles. The van der Waals surface area contributed by atoms with Crippen molar-refractivity contribution < 1.29 is 4.74 Å². The summed E-state index contributed by atoms with van der Waals surface area (Å²) in [5, 5.41) is 0.751. The predicted octanol–water partition coefficient (Wildman–Crippen LogP) is 4.30. The van der Waals surface area contributed by atoms with Gasteiger partial charge in [-0.1, -0.05) is 19.9 Å². The molecule has 1 aromatic heterocycles. The van der Waals surface area contributed by atoms with E-state index in [0.717, 1.165) is 22.2 Å². The first-order valence-electron chi connectivity index (χ1n) is 6.90. The zero-order valence-electron chi connectivity index (χ0n) is 12.6. The number of ether oxygens (including phenoxy) is 1. The molecule has 20 heavy (non-hydrogen) atoms. The first-order valence-corrected chi connectivity index (χ1v) is 6.90. The highest BCUT2D eigenvalue weighted by Crippen LogP contribution is 2.33. The van der Waals surface area contributed by atoms with Gasteiger partial charge in [0.05, 0.1) is 11.6 Å². The van der Waals surface area contributed by atoms with Crippen LogP contribution in [0.5, 0.6) is 5.75 Å². The molecule has 0 saturated heterocycles. The van der Waals surface area contributed by atoms with Crippen molar-refractivity contribution >= 4 is 34.9 Å². The summed E-state index contributed by atoms with van der Waals surface area (Å²) in [7, 11) is 0. The fraction of sp³-hybridized carbons (Fsp3) is 0.438. The molecular formula is C16H22INO2. The maximum Gasteiger partial charge on any atom is 0.192 e. The van der Waals surface area contributed by atoms with Crippen LogP contribution in [0.4, 0.5) is 0 Å². The van der Waals surface area contributed by atoms with Gasteiger partial charge in [0, 0.05) is 17.1 Å². The highest BCUT2D eigenvalue weighted by Gasteiger charge is 2.25. The standard InChI is InChI=1S/C14H15NO2.C2H6.HI/c1-8-7-15-9(2)10(3)17-12-6-4-5-11(13(12)15)14(8)16;1-2;/h4-7,9-10H,1-3H3;1-2H3;1H. The summed E-state index contributed by atoms with van der Waals surface area (Å²) in [5.41, 5.74) is 1.81. The fourth-order valence-corrected chi connectivity index (χ4v) is 2.46. The van der Waals surface area contributed by atoms with Crippen LogP contribution in [0.15, 0.2) is 29.2 Å². The van der Waals surface area contributed by atoms with E-state index in [4.69, 9.17) is 4.74 Å². The van der Waals surface area contributed by atoms with Gasteiger partial charge in [0.25, 0.3) is 0 Å². The van der Waals surface area contributed by atoms with Crippen molar-refractivity contribution in [2.24, 2.45) is 0 Å². The molecule has 2 atom stereocenters. The first kappa shape index (κ1) is 17.0. The second kappa shape index (κ2) is 6.61. The van der Waals surface area contributed by atoms with E-state index in [1.54, 1.807) is 0 Å². The van der Waals surface area contributed by atoms with Crippen LogP contribution < -0.4 is 10.2 Å². The van der Waals surface area contributed by atoms with E-state index in [2.05, 4.69) is 18.4 Å². The van der Waals surface area contributed by atoms with E-state index in [-0.39, 0.29) is 41.6 Å². The number of rotatable bonds is 0. The minimum absolute atomic E-state index is 0. The summed E-state index contributed by atoms with van der Waals surface area (Å²) >= 11 is 0. The van der Waals surface area contributed by atoms with Gasteiger partial charge >= 0.3 is 0 Å². The maximum absolute atomic E-state index is 12.1. The Hall–Kier alpha value is -1.04. The third-order valence-corrected chi connectivity index (χ3v) is 3.62. The molecular weight excluding hydrogens is 365 g/mol. The van der Waals surface area contributed by atoms with Crippen LogP contribution in [0.1, 0.15) is 39.3 Å². The van der Waals surface area contributed by atoms with E-state index in [9.17, 15) is 4.79 Å². The number of para-hydroxylation sites is 1. The first-order chi connectivity index (χ1) is 9.09. The highest BCUT2D eigenvalue weighted by molar-refractivity contribution is 14.0. The van der Waals surface area contributed by atoms with Crippen molar-refractivity contribution in [1.29, 1.82) is 0 Å². The van der Waals surface area contributed by atoms with Gasteiger partial charge in [-0.3, -0.25) is 4.79 Å². The zero-order valence-corrected chi connectivity index (χ0v) is 15.0. The Morgan fingerprint density at radius 3 is 2.50 bits per heavy atom. The normalized spacial score (nSPS) is 19.4. The van der Waals surface area contributed by atoms with Gasteiger partial charge in [0.2, 0.25) is 0 Å². The molecule has 0 N–H and O–H groups in total. The third kappa shape index (κ3) is 2.57. The van der Waals surface area contributed by atoms with Gasteiger partial charge in [-0.2, -0.15) is 0 Å². The van der Waals surface area contributed by atoms with Crippen LogP contribution >= 0.6 is 24.0 Å². The number of aromatic nitrogens is 1. The number of aryl methyl sites for hydroxylation is 1. The van der Waals surface area contributed by atoms with Crippen LogP contribution in [0, 0.1) is 6.92 Å². The minimum Gasteiger partial charge on any atom is -0.486 e. The van der Waals surface area contributed by atoms with Gasteiger partial charge < -0.3 is 9.30 Å². The molecule has 0 saturated carbocycles. The van der Waals surface area contributed by atoms with Crippen LogP contribution in [-0.4, -0.2) is 10.7 Å². The van der Waals surface area contributed by atoms with Crippen molar-refractivity contribution in [2.75, 3.05) is 0 Å². The molecule has 2 heterocycles. The van der Waals surface area contributed by atoms with Crippen molar-refractivity contribution in [3.63, 3.8) is 0 Å². The fourth-order valence-electron chi connectivity index (χ4n) is 2.46. The third-order valence-electron chi connectivity index (χ3n) is 3.62. The lowest BCUT2D eigenvalue weighted by atomic mass is 10.1. The van der Waals surface area contributed by atoms with E-state index in [0.29, 0.717) is 0 Å². The lowest BCUT2D eigenvalue weighted by Gasteiger charge is -2.32. The number of nitrogens with zero attached hydrogens (tertiary/aromatic N) is 1. The molecule has 0 spiro atoms.